The molecule has 1 saturated heterocycles. The summed E-state index contributed by atoms with van der Waals surface area (Å²) in [5, 5.41) is 0.935. The number of hydrogen-bond acceptors (Lipinski definition) is 2. The first-order chi connectivity index (χ1) is 16.6. The summed E-state index contributed by atoms with van der Waals surface area (Å²) in [5.41, 5.74) is 3.29. The maximum atomic E-state index is 13.2. The van der Waals surface area contributed by atoms with Crippen LogP contribution in [0.2, 0.25) is 10.0 Å². The number of hydrogen-bond donors (Lipinski definition) is 0. The molecule has 0 N–H and O–H groups in total. The van der Waals surface area contributed by atoms with Gasteiger partial charge in [-0.2, -0.15) is 0 Å². The van der Waals surface area contributed by atoms with Gasteiger partial charge in [0, 0.05) is 36.7 Å². The van der Waals surface area contributed by atoms with Gasteiger partial charge in [-0.15, -0.1) is 0 Å². The van der Waals surface area contributed by atoms with Crippen molar-refractivity contribution in [1.29, 1.82) is 0 Å². The fourth-order valence-corrected chi connectivity index (χ4v) is 5.45. The van der Waals surface area contributed by atoms with Gasteiger partial charge < -0.3 is 33.4 Å². The van der Waals surface area contributed by atoms with E-state index < -0.39 is 0 Å². The number of para-hydroxylation sites is 2. The highest BCUT2D eigenvalue weighted by atomic mass is 127. The molecule has 1 aliphatic rings. The summed E-state index contributed by atoms with van der Waals surface area (Å²) < 4.78 is 4.40. The smallest absolute Gasteiger partial charge is 0.333 e. The quantitative estimate of drug-likeness (QED) is 0.294. The van der Waals surface area contributed by atoms with Gasteiger partial charge in [0.25, 0.3) is 0 Å². The van der Waals surface area contributed by atoms with Crippen LogP contribution in [0.25, 0.3) is 16.7 Å². The van der Waals surface area contributed by atoms with Crippen LogP contribution in [0.15, 0.2) is 53.8 Å². The van der Waals surface area contributed by atoms with Crippen molar-refractivity contribution in [3.63, 3.8) is 0 Å². The Kier molecular flexibility index (Phi) is 9.36. The summed E-state index contributed by atoms with van der Waals surface area (Å²) in [6, 6.07) is 13.4. The van der Waals surface area contributed by atoms with Crippen molar-refractivity contribution in [3.8, 4) is 0 Å². The number of halogens is 3. The summed E-state index contributed by atoms with van der Waals surface area (Å²) in [7, 11) is 2.24. The normalized spacial score (nSPS) is 19.6. The number of imidazole rings is 1. The Morgan fingerprint density at radius 2 is 1.75 bits per heavy atom. The second kappa shape index (κ2) is 11.7. The largest absolute Gasteiger partial charge is 1.00 e. The van der Waals surface area contributed by atoms with E-state index in [0.29, 0.717) is 28.7 Å². The molecule has 6 nitrogen and oxygen atoms in total. The molecule has 0 saturated carbocycles. The lowest BCUT2D eigenvalue weighted by atomic mass is 9.99. The molecule has 2 aromatic carbocycles. The fraction of sp³-hybridized carbons (Fsp3) is 0.407. The zero-order valence-electron chi connectivity index (χ0n) is 21.0. The minimum atomic E-state index is -0.0421. The number of piperidine rings is 1. The molecule has 1 aromatic heterocycles. The van der Waals surface area contributed by atoms with Gasteiger partial charge >= 0.3 is 5.69 Å². The highest BCUT2D eigenvalue weighted by Crippen LogP contribution is 2.32. The Bertz CT molecular complexity index is 1330. The number of benzene rings is 2. The molecule has 2 heterocycles. The summed E-state index contributed by atoms with van der Waals surface area (Å²) in [6.07, 6.45) is 2.19. The zero-order valence-corrected chi connectivity index (χ0v) is 24.7. The van der Waals surface area contributed by atoms with Gasteiger partial charge in [0.15, 0.2) is 0 Å². The number of likely N-dealkylation sites (tertiary alicyclic amines) is 1. The standard InChI is InChI=1S/C27H33Cl2N4O2.HI/c1-5-26(34)32(21-10-11-22(28)23(29)18-21)20-12-15-33(4,16-13-20)17-14-30-24-8-6-7-9-25(24)31(19(2)3)27(30)35;/h6-11,18,20H,2,5,12-17H2,1,3-4H3;1H/q+1;/p-1. The summed E-state index contributed by atoms with van der Waals surface area (Å²) in [5.74, 6) is 0.0867. The van der Waals surface area contributed by atoms with Gasteiger partial charge in [0.2, 0.25) is 5.91 Å². The third kappa shape index (κ3) is 5.69. The van der Waals surface area contributed by atoms with Crippen LogP contribution in [0.1, 0.15) is 33.1 Å². The molecule has 0 spiro atoms. The maximum Gasteiger partial charge on any atom is 0.333 e. The van der Waals surface area contributed by atoms with E-state index in [0.717, 1.165) is 53.7 Å². The molecule has 0 atom stereocenters. The van der Waals surface area contributed by atoms with Crippen LogP contribution in [-0.2, 0) is 11.3 Å². The predicted octanol–water partition coefficient (Wildman–Crippen LogP) is 2.66. The lowest BCUT2D eigenvalue weighted by Gasteiger charge is -2.43. The molecule has 9 heteroatoms. The lowest BCUT2D eigenvalue weighted by molar-refractivity contribution is -0.914. The number of anilines is 1. The number of carbonyl (C=O) groups is 1. The molecule has 0 aliphatic carbocycles. The summed E-state index contributed by atoms with van der Waals surface area (Å²) in [4.78, 5) is 28.0. The Balaban J connectivity index is 0.00000361. The third-order valence-corrected chi connectivity index (χ3v) is 7.94. The van der Waals surface area contributed by atoms with Gasteiger partial charge in [0.1, 0.15) is 0 Å². The first-order valence-electron chi connectivity index (χ1n) is 12.1. The second-order valence-corrected chi connectivity index (χ2v) is 10.5. The van der Waals surface area contributed by atoms with Crippen LogP contribution in [0.5, 0.6) is 0 Å². The number of carbonyl (C=O) groups excluding carboxylic acids is 1. The van der Waals surface area contributed by atoms with E-state index in [1.807, 2.05) is 53.6 Å². The van der Waals surface area contributed by atoms with Crippen molar-refractivity contribution < 1.29 is 33.3 Å². The molecular weight excluding hydrogens is 610 g/mol. The Hall–Kier alpha value is -1.81. The van der Waals surface area contributed by atoms with Crippen LogP contribution in [0.4, 0.5) is 5.69 Å². The number of likely N-dealkylation sites (N-methyl/N-ethyl adjacent to an activating group) is 1. The summed E-state index contributed by atoms with van der Waals surface area (Å²) >= 11 is 12.4. The number of quaternary nitrogens is 1. The fourth-order valence-electron chi connectivity index (χ4n) is 5.16. The molecule has 1 aliphatic heterocycles. The van der Waals surface area contributed by atoms with E-state index in [4.69, 9.17) is 23.2 Å². The Morgan fingerprint density at radius 1 is 1.11 bits per heavy atom. The molecule has 0 unspecified atom stereocenters. The number of nitrogens with zero attached hydrogens (tertiary/aromatic N) is 4. The van der Waals surface area contributed by atoms with Crippen molar-refractivity contribution in [2.75, 3.05) is 31.6 Å². The number of amides is 1. The molecular formula is C27H33Cl2IN4O2. The molecule has 0 radical (unpaired) electrons. The molecule has 1 fully saturated rings. The lowest BCUT2D eigenvalue weighted by Crippen LogP contribution is -3.00. The van der Waals surface area contributed by atoms with Crippen LogP contribution in [0, 0.1) is 0 Å². The first kappa shape index (κ1) is 28.8. The highest BCUT2D eigenvalue weighted by Gasteiger charge is 2.35. The van der Waals surface area contributed by atoms with Crippen LogP contribution in [-0.4, -0.2) is 52.2 Å². The Labute approximate surface area is 239 Å². The van der Waals surface area contributed by atoms with E-state index in [9.17, 15) is 9.59 Å². The van der Waals surface area contributed by atoms with Gasteiger partial charge in [-0.05, 0) is 37.3 Å². The van der Waals surface area contributed by atoms with Crippen molar-refractivity contribution in [2.24, 2.45) is 0 Å². The van der Waals surface area contributed by atoms with E-state index in [-0.39, 0.29) is 41.6 Å². The molecule has 3 aromatic rings. The van der Waals surface area contributed by atoms with Gasteiger partial charge in [0.05, 0.1) is 54.3 Å². The SMILES string of the molecule is C=C(C)n1c(=O)n(CC[N+]2(C)CCC(N(C(=O)CC)c3ccc(Cl)c(Cl)c3)CC2)c2ccccc21.[I-]. The molecule has 0 bridgehead atoms. The average Bonchev–Trinajstić information content (AvgIpc) is 3.12. The number of fused-ring (bicyclic) bond motifs is 1. The molecule has 36 heavy (non-hydrogen) atoms. The minimum absolute atomic E-state index is 0. The summed E-state index contributed by atoms with van der Waals surface area (Å²) in [6.45, 7) is 11.0. The molecule has 194 valence electrons. The van der Waals surface area contributed by atoms with E-state index in [2.05, 4.69) is 13.6 Å². The predicted molar refractivity (Wildman–Crippen MR) is 145 cm³/mol. The van der Waals surface area contributed by atoms with Gasteiger partial charge in [-0.25, -0.2) is 4.79 Å². The monoisotopic (exact) mass is 642 g/mol. The first-order valence-corrected chi connectivity index (χ1v) is 12.9. The zero-order chi connectivity index (χ0) is 25.3. The van der Waals surface area contributed by atoms with E-state index in [1.54, 1.807) is 16.7 Å². The number of rotatable bonds is 7. The van der Waals surface area contributed by atoms with E-state index >= 15 is 0 Å². The number of allylic oxidation sites excluding steroid dienone is 1. The van der Waals surface area contributed by atoms with Gasteiger partial charge in [-0.3, -0.25) is 13.9 Å². The van der Waals surface area contributed by atoms with E-state index in [1.165, 1.54) is 0 Å². The van der Waals surface area contributed by atoms with Crippen LogP contribution in [0.3, 0.4) is 0 Å². The topological polar surface area (TPSA) is 47.2 Å². The van der Waals surface area contributed by atoms with Crippen molar-refractivity contribution in [2.45, 2.75) is 45.7 Å². The second-order valence-electron chi connectivity index (χ2n) is 9.73. The minimum Gasteiger partial charge on any atom is -1.00 e. The number of aromatic nitrogens is 2. The Morgan fingerprint density at radius 3 is 2.33 bits per heavy atom. The van der Waals surface area contributed by atoms with Crippen LogP contribution >= 0.6 is 23.2 Å². The maximum absolute atomic E-state index is 13.2. The van der Waals surface area contributed by atoms with Gasteiger partial charge in [-0.1, -0.05) is 48.8 Å². The molecule has 4 rings (SSSR count). The average molecular weight is 643 g/mol. The molecule has 1 amide bonds. The highest BCUT2D eigenvalue weighted by molar-refractivity contribution is 6.42. The third-order valence-electron chi connectivity index (χ3n) is 7.20. The van der Waals surface area contributed by atoms with Crippen LogP contribution < -0.4 is 34.6 Å². The van der Waals surface area contributed by atoms with Crippen molar-refractivity contribution in [1.82, 2.24) is 9.13 Å². The van der Waals surface area contributed by atoms with Crippen molar-refractivity contribution in [3.05, 3.63) is 69.6 Å². The van der Waals surface area contributed by atoms with Crippen molar-refractivity contribution >= 4 is 51.5 Å².